The van der Waals surface area contributed by atoms with Crippen LogP contribution in [0.25, 0.3) is 0 Å². The van der Waals surface area contributed by atoms with Gasteiger partial charge in [0.05, 0.1) is 0 Å². The number of rotatable bonds is 4. The van der Waals surface area contributed by atoms with E-state index in [4.69, 9.17) is 0 Å². The van der Waals surface area contributed by atoms with Crippen LogP contribution in [-0.4, -0.2) is 12.5 Å². The SMILES string of the molecule is CC(=O)NCCC[C@H](C)C(C)(C)C. The van der Waals surface area contributed by atoms with Gasteiger partial charge in [-0.1, -0.05) is 27.7 Å². The first-order valence-electron chi connectivity index (χ1n) is 5.08. The van der Waals surface area contributed by atoms with Crippen molar-refractivity contribution in [3.63, 3.8) is 0 Å². The minimum absolute atomic E-state index is 0.0726. The van der Waals surface area contributed by atoms with E-state index in [0.29, 0.717) is 11.3 Å². The predicted molar refractivity (Wildman–Crippen MR) is 56.5 cm³/mol. The second-order valence-corrected chi connectivity index (χ2v) is 4.89. The molecular formula is C11H23NO. The Kier molecular flexibility index (Phi) is 5.04. The second-order valence-electron chi connectivity index (χ2n) is 4.89. The number of hydrogen-bond donors (Lipinski definition) is 1. The van der Waals surface area contributed by atoms with E-state index in [1.807, 2.05) is 0 Å². The van der Waals surface area contributed by atoms with Gasteiger partial charge in [-0.15, -0.1) is 0 Å². The predicted octanol–water partition coefficient (Wildman–Crippen LogP) is 2.58. The lowest BCUT2D eigenvalue weighted by Crippen LogP contribution is -2.23. The molecule has 0 fully saturated rings. The summed E-state index contributed by atoms with van der Waals surface area (Å²) in [6.45, 7) is 11.4. The maximum atomic E-state index is 10.6. The highest BCUT2D eigenvalue weighted by Crippen LogP contribution is 2.28. The van der Waals surface area contributed by atoms with Crippen LogP contribution in [0.4, 0.5) is 0 Å². The Morgan fingerprint density at radius 1 is 1.38 bits per heavy atom. The Labute approximate surface area is 82.1 Å². The molecule has 0 aliphatic heterocycles. The van der Waals surface area contributed by atoms with E-state index in [9.17, 15) is 4.79 Å². The molecule has 0 spiro atoms. The van der Waals surface area contributed by atoms with Gasteiger partial charge < -0.3 is 5.32 Å². The number of nitrogens with one attached hydrogen (secondary N) is 1. The summed E-state index contributed by atoms with van der Waals surface area (Å²) in [5.74, 6) is 0.782. The van der Waals surface area contributed by atoms with Crippen molar-refractivity contribution in [1.82, 2.24) is 5.32 Å². The summed E-state index contributed by atoms with van der Waals surface area (Å²) in [7, 11) is 0. The zero-order valence-corrected chi connectivity index (χ0v) is 9.61. The first-order chi connectivity index (χ1) is 5.84. The van der Waals surface area contributed by atoms with Crippen molar-refractivity contribution in [2.24, 2.45) is 11.3 Å². The van der Waals surface area contributed by atoms with Gasteiger partial charge in [-0.25, -0.2) is 0 Å². The van der Waals surface area contributed by atoms with Crippen molar-refractivity contribution >= 4 is 5.91 Å². The van der Waals surface area contributed by atoms with Gasteiger partial charge in [-0.05, 0) is 24.2 Å². The van der Waals surface area contributed by atoms with E-state index in [0.717, 1.165) is 13.0 Å². The molecule has 13 heavy (non-hydrogen) atoms. The zero-order chi connectivity index (χ0) is 10.5. The van der Waals surface area contributed by atoms with E-state index in [1.54, 1.807) is 6.92 Å². The van der Waals surface area contributed by atoms with Crippen LogP contribution in [0.1, 0.15) is 47.5 Å². The summed E-state index contributed by atoms with van der Waals surface area (Å²) < 4.78 is 0. The van der Waals surface area contributed by atoms with Crippen molar-refractivity contribution in [2.45, 2.75) is 47.5 Å². The van der Waals surface area contributed by atoms with Gasteiger partial charge in [0.25, 0.3) is 0 Å². The van der Waals surface area contributed by atoms with Crippen LogP contribution in [-0.2, 0) is 4.79 Å². The first kappa shape index (κ1) is 12.5. The topological polar surface area (TPSA) is 29.1 Å². The van der Waals surface area contributed by atoms with Crippen molar-refractivity contribution in [2.75, 3.05) is 6.54 Å². The van der Waals surface area contributed by atoms with Gasteiger partial charge in [0, 0.05) is 13.5 Å². The summed E-state index contributed by atoms with van der Waals surface area (Å²) in [5, 5.41) is 2.81. The summed E-state index contributed by atoms with van der Waals surface area (Å²) in [6, 6.07) is 0. The van der Waals surface area contributed by atoms with Crippen LogP contribution >= 0.6 is 0 Å². The van der Waals surface area contributed by atoms with Crippen LogP contribution in [0.5, 0.6) is 0 Å². The Morgan fingerprint density at radius 3 is 2.31 bits per heavy atom. The number of carbonyl (C=O) groups is 1. The Hall–Kier alpha value is -0.530. The molecule has 2 heteroatoms. The Balaban J connectivity index is 3.49. The molecule has 0 aromatic heterocycles. The molecule has 0 saturated heterocycles. The van der Waals surface area contributed by atoms with Gasteiger partial charge in [0.2, 0.25) is 5.91 Å². The molecule has 0 aromatic carbocycles. The zero-order valence-electron chi connectivity index (χ0n) is 9.61. The molecule has 2 nitrogen and oxygen atoms in total. The van der Waals surface area contributed by atoms with Crippen molar-refractivity contribution in [1.29, 1.82) is 0 Å². The van der Waals surface area contributed by atoms with Gasteiger partial charge >= 0.3 is 0 Å². The smallest absolute Gasteiger partial charge is 0.216 e. The van der Waals surface area contributed by atoms with Crippen LogP contribution in [0.15, 0.2) is 0 Å². The molecule has 0 bridgehead atoms. The van der Waals surface area contributed by atoms with Gasteiger partial charge in [0.15, 0.2) is 0 Å². The average molecular weight is 185 g/mol. The van der Waals surface area contributed by atoms with Gasteiger partial charge in [0.1, 0.15) is 0 Å². The van der Waals surface area contributed by atoms with Crippen molar-refractivity contribution in [3.8, 4) is 0 Å². The van der Waals surface area contributed by atoms with Crippen molar-refractivity contribution < 1.29 is 4.79 Å². The lowest BCUT2D eigenvalue weighted by atomic mass is 9.79. The van der Waals surface area contributed by atoms with E-state index in [2.05, 4.69) is 33.0 Å². The fourth-order valence-corrected chi connectivity index (χ4v) is 1.11. The summed E-state index contributed by atoms with van der Waals surface area (Å²) >= 11 is 0. The third kappa shape index (κ3) is 6.62. The molecule has 0 aliphatic carbocycles. The van der Waals surface area contributed by atoms with E-state index in [-0.39, 0.29) is 5.91 Å². The highest BCUT2D eigenvalue weighted by molar-refractivity contribution is 5.72. The Morgan fingerprint density at radius 2 is 1.92 bits per heavy atom. The monoisotopic (exact) mass is 185 g/mol. The fraction of sp³-hybridized carbons (Fsp3) is 0.909. The largest absolute Gasteiger partial charge is 0.356 e. The Bertz CT molecular complexity index is 158. The third-order valence-corrected chi connectivity index (χ3v) is 2.67. The summed E-state index contributed by atoms with van der Waals surface area (Å²) in [4.78, 5) is 10.6. The number of amides is 1. The quantitative estimate of drug-likeness (QED) is 0.670. The summed E-state index contributed by atoms with van der Waals surface area (Å²) in [5.41, 5.74) is 0.385. The van der Waals surface area contributed by atoms with Crippen LogP contribution < -0.4 is 5.32 Å². The fourth-order valence-electron chi connectivity index (χ4n) is 1.11. The maximum Gasteiger partial charge on any atom is 0.216 e. The van der Waals surface area contributed by atoms with E-state index < -0.39 is 0 Å². The summed E-state index contributed by atoms with van der Waals surface area (Å²) in [6.07, 6.45) is 2.27. The molecule has 0 rings (SSSR count). The molecule has 0 heterocycles. The minimum atomic E-state index is 0.0726. The van der Waals surface area contributed by atoms with Gasteiger partial charge in [-0.2, -0.15) is 0 Å². The molecular weight excluding hydrogens is 162 g/mol. The molecule has 78 valence electrons. The first-order valence-corrected chi connectivity index (χ1v) is 5.08. The highest BCUT2D eigenvalue weighted by Gasteiger charge is 2.18. The van der Waals surface area contributed by atoms with Crippen LogP contribution in [0.2, 0.25) is 0 Å². The molecule has 0 radical (unpaired) electrons. The lowest BCUT2D eigenvalue weighted by Gasteiger charge is -2.27. The molecule has 1 atom stereocenters. The number of hydrogen-bond acceptors (Lipinski definition) is 1. The van der Waals surface area contributed by atoms with Crippen LogP contribution in [0, 0.1) is 11.3 Å². The van der Waals surface area contributed by atoms with E-state index in [1.165, 1.54) is 6.42 Å². The average Bonchev–Trinajstić information content (AvgIpc) is 1.95. The molecule has 0 aliphatic rings. The normalized spacial score (nSPS) is 13.9. The maximum absolute atomic E-state index is 10.6. The molecule has 0 unspecified atom stereocenters. The third-order valence-electron chi connectivity index (χ3n) is 2.67. The second kappa shape index (κ2) is 5.25. The minimum Gasteiger partial charge on any atom is -0.356 e. The highest BCUT2D eigenvalue weighted by atomic mass is 16.1. The molecule has 1 amide bonds. The molecule has 0 saturated carbocycles. The standard InChI is InChI=1S/C11H23NO/c1-9(11(3,4)5)7-6-8-12-10(2)13/h9H,6-8H2,1-5H3,(H,12,13)/t9-/m0/s1. The van der Waals surface area contributed by atoms with Crippen LogP contribution in [0.3, 0.4) is 0 Å². The van der Waals surface area contributed by atoms with E-state index >= 15 is 0 Å². The molecule has 0 aromatic rings. The lowest BCUT2D eigenvalue weighted by molar-refractivity contribution is -0.118. The number of carbonyl (C=O) groups excluding carboxylic acids is 1. The van der Waals surface area contributed by atoms with Crippen molar-refractivity contribution in [3.05, 3.63) is 0 Å². The van der Waals surface area contributed by atoms with Gasteiger partial charge in [-0.3, -0.25) is 4.79 Å². The molecule has 1 N–H and O–H groups in total.